The molecule has 2 rings (SSSR count). The van der Waals surface area contributed by atoms with Crippen molar-refractivity contribution in [1.29, 1.82) is 0 Å². The Kier molecular flexibility index (Phi) is 3.36. The second-order valence-corrected chi connectivity index (χ2v) is 3.78. The molecule has 0 saturated heterocycles. The first-order chi connectivity index (χ1) is 7.75. The summed E-state index contributed by atoms with van der Waals surface area (Å²) < 4.78 is 7.26. The van der Waals surface area contributed by atoms with Crippen LogP contribution >= 0.6 is 0 Å². The lowest BCUT2D eigenvalue weighted by Gasteiger charge is -2.03. The molecule has 16 heavy (non-hydrogen) atoms. The first-order valence-corrected chi connectivity index (χ1v) is 5.36. The Morgan fingerprint density at radius 2 is 2.31 bits per heavy atom. The molecule has 0 aliphatic heterocycles. The summed E-state index contributed by atoms with van der Waals surface area (Å²) in [6.45, 7) is 6.48. The standard InChI is InChI=1S/C11H16N4O/c1-9-7-11(10(2)16-9)8-12-3-5-15-6-4-13-14-15/h4,6-7,12H,3,5,8H2,1-2H3. The van der Waals surface area contributed by atoms with Gasteiger partial charge in [-0.1, -0.05) is 5.21 Å². The van der Waals surface area contributed by atoms with Crippen LogP contribution in [0.25, 0.3) is 0 Å². The molecule has 86 valence electrons. The highest BCUT2D eigenvalue weighted by Gasteiger charge is 2.03. The van der Waals surface area contributed by atoms with Crippen molar-refractivity contribution in [1.82, 2.24) is 20.3 Å². The minimum Gasteiger partial charge on any atom is -0.466 e. The van der Waals surface area contributed by atoms with E-state index in [4.69, 9.17) is 4.42 Å². The number of rotatable bonds is 5. The van der Waals surface area contributed by atoms with Crippen molar-refractivity contribution in [2.45, 2.75) is 26.9 Å². The number of nitrogens with zero attached hydrogens (tertiary/aromatic N) is 3. The molecular formula is C11H16N4O. The molecule has 0 aromatic carbocycles. The van der Waals surface area contributed by atoms with E-state index in [1.54, 1.807) is 10.9 Å². The predicted molar refractivity (Wildman–Crippen MR) is 59.9 cm³/mol. The fourth-order valence-electron chi connectivity index (χ4n) is 1.63. The van der Waals surface area contributed by atoms with Crippen LogP contribution in [0.4, 0.5) is 0 Å². The third-order valence-electron chi connectivity index (χ3n) is 2.45. The molecule has 0 aliphatic rings. The van der Waals surface area contributed by atoms with Crippen molar-refractivity contribution >= 4 is 0 Å². The first kappa shape index (κ1) is 10.9. The van der Waals surface area contributed by atoms with Gasteiger partial charge in [-0.05, 0) is 19.9 Å². The van der Waals surface area contributed by atoms with Gasteiger partial charge in [0.15, 0.2) is 0 Å². The highest BCUT2D eigenvalue weighted by atomic mass is 16.3. The highest BCUT2D eigenvalue weighted by molar-refractivity contribution is 5.19. The van der Waals surface area contributed by atoms with Crippen LogP contribution in [0, 0.1) is 13.8 Å². The Hall–Kier alpha value is -1.62. The smallest absolute Gasteiger partial charge is 0.105 e. The van der Waals surface area contributed by atoms with Crippen molar-refractivity contribution in [2.24, 2.45) is 0 Å². The summed E-state index contributed by atoms with van der Waals surface area (Å²) in [5.41, 5.74) is 1.22. The third-order valence-corrected chi connectivity index (χ3v) is 2.45. The van der Waals surface area contributed by atoms with Gasteiger partial charge in [-0.2, -0.15) is 0 Å². The van der Waals surface area contributed by atoms with E-state index in [0.717, 1.165) is 31.2 Å². The lowest BCUT2D eigenvalue weighted by molar-refractivity contribution is 0.496. The Bertz CT molecular complexity index is 433. The molecule has 1 N–H and O–H groups in total. The van der Waals surface area contributed by atoms with Crippen molar-refractivity contribution in [3.05, 3.63) is 35.5 Å². The molecule has 0 radical (unpaired) electrons. The van der Waals surface area contributed by atoms with Crippen LogP contribution in [0.1, 0.15) is 17.1 Å². The van der Waals surface area contributed by atoms with Crippen LogP contribution in [0.15, 0.2) is 22.9 Å². The van der Waals surface area contributed by atoms with Gasteiger partial charge < -0.3 is 9.73 Å². The van der Waals surface area contributed by atoms with E-state index in [1.165, 1.54) is 5.56 Å². The van der Waals surface area contributed by atoms with Crippen molar-refractivity contribution in [2.75, 3.05) is 6.54 Å². The molecule has 0 aliphatic carbocycles. The van der Waals surface area contributed by atoms with Crippen molar-refractivity contribution in [3.8, 4) is 0 Å². The molecule has 0 unspecified atom stereocenters. The maximum atomic E-state index is 5.45. The second-order valence-electron chi connectivity index (χ2n) is 3.78. The monoisotopic (exact) mass is 220 g/mol. The predicted octanol–water partition coefficient (Wildman–Crippen LogP) is 1.28. The van der Waals surface area contributed by atoms with Crippen LogP contribution < -0.4 is 5.32 Å². The molecule has 0 bridgehead atoms. The van der Waals surface area contributed by atoms with E-state index < -0.39 is 0 Å². The summed E-state index contributed by atoms with van der Waals surface area (Å²) in [7, 11) is 0. The van der Waals surface area contributed by atoms with Gasteiger partial charge in [0.1, 0.15) is 11.5 Å². The molecule has 2 heterocycles. The number of aromatic nitrogens is 3. The van der Waals surface area contributed by atoms with Crippen molar-refractivity contribution in [3.63, 3.8) is 0 Å². The topological polar surface area (TPSA) is 55.9 Å². The largest absolute Gasteiger partial charge is 0.466 e. The summed E-state index contributed by atoms with van der Waals surface area (Å²) in [5, 5.41) is 11.0. The molecule has 0 amide bonds. The van der Waals surface area contributed by atoms with E-state index in [-0.39, 0.29) is 0 Å². The lowest BCUT2D eigenvalue weighted by atomic mass is 10.2. The number of furan rings is 1. The fourth-order valence-corrected chi connectivity index (χ4v) is 1.63. The molecule has 5 heteroatoms. The van der Waals surface area contributed by atoms with Gasteiger partial charge in [0.05, 0.1) is 12.7 Å². The molecule has 0 spiro atoms. The van der Waals surface area contributed by atoms with Gasteiger partial charge >= 0.3 is 0 Å². The number of hydrogen-bond donors (Lipinski definition) is 1. The lowest BCUT2D eigenvalue weighted by Crippen LogP contribution is -2.19. The van der Waals surface area contributed by atoms with E-state index >= 15 is 0 Å². The van der Waals surface area contributed by atoms with Crippen LogP contribution in [0.5, 0.6) is 0 Å². The Labute approximate surface area is 94.5 Å². The number of hydrogen-bond acceptors (Lipinski definition) is 4. The van der Waals surface area contributed by atoms with E-state index in [2.05, 4.69) is 21.7 Å². The van der Waals surface area contributed by atoms with Gasteiger partial charge in [-0.15, -0.1) is 5.10 Å². The van der Waals surface area contributed by atoms with Gasteiger partial charge in [0, 0.05) is 24.8 Å². The fraction of sp³-hybridized carbons (Fsp3) is 0.455. The van der Waals surface area contributed by atoms with Gasteiger partial charge in [0.2, 0.25) is 0 Å². The summed E-state index contributed by atoms with van der Waals surface area (Å²) in [4.78, 5) is 0. The highest BCUT2D eigenvalue weighted by Crippen LogP contribution is 2.12. The average molecular weight is 220 g/mol. The first-order valence-electron chi connectivity index (χ1n) is 5.36. The molecule has 5 nitrogen and oxygen atoms in total. The van der Waals surface area contributed by atoms with Crippen molar-refractivity contribution < 1.29 is 4.42 Å². The zero-order valence-corrected chi connectivity index (χ0v) is 9.60. The SMILES string of the molecule is Cc1cc(CNCCn2ccnn2)c(C)o1. The van der Waals surface area contributed by atoms with Crippen LogP contribution in [-0.4, -0.2) is 21.5 Å². The van der Waals surface area contributed by atoms with E-state index in [0.29, 0.717) is 0 Å². The number of aryl methyl sites for hydroxylation is 2. The zero-order chi connectivity index (χ0) is 11.4. The van der Waals surface area contributed by atoms with Crippen LogP contribution in [-0.2, 0) is 13.1 Å². The second kappa shape index (κ2) is 4.94. The maximum absolute atomic E-state index is 5.45. The van der Waals surface area contributed by atoms with Gasteiger partial charge in [-0.3, -0.25) is 4.68 Å². The molecule has 2 aromatic heterocycles. The summed E-state index contributed by atoms with van der Waals surface area (Å²) in [5.74, 6) is 1.95. The van der Waals surface area contributed by atoms with Gasteiger partial charge in [0.25, 0.3) is 0 Å². The third kappa shape index (κ3) is 2.70. The van der Waals surface area contributed by atoms with Crippen LogP contribution in [0.3, 0.4) is 0 Å². The maximum Gasteiger partial charge on any atom is 0.105 e. The summed E-state index contributed by atoms with van der Waals surface area (Å²) in [6.07, 6.45) is 3.54. The molecule has 0 atom stereocenters. The molecular weight excluding hydrogens is 204 g/mol. The Morgan fingerprint density at radius 1 is 1.44 bits per heavy atom. The normalized spacial score (nSPS) is 10.9. The zero-order valence-electron chi connectivity index (χ0n) is 9.60. The number of nitrogens with one attached hydrogen (secondary N) is 1. The quantitative estimate of drug-likeness (QED) is 0.771. The summed E-state index contributed by atoms with van der Waals surface area (Å²) in [6, 6.07) is 2.07. The minimum absolute atomic E-state index is 0.829. The van der Waals surface area contributed by atoms with E-state index in [9.17, 15) is 0 Å². The average Bonchev–Trinajstić information content (AvgIpc) is 2.84. The van der Waals surface area contributed by atoms with Gasteiger partial charge in [-0.25, -0.2) is 0 Å². The molecule has 2 aromatic rings. The Balaban J connectivity index is 1.74. The molecule has 0 fully saturated rings. The van der Waals surface area contributed by atoms with Crippen LogP contribution in [0.2, 0.25) is 0 Å². The Morgan fingerprint density at radius 3 is 2.94 bits per heavy atom. The minimum atomic E-state index is 0.829. The summed E-state index contributed by atoms with van der Waals surface area (Å²) >= 11 is 0. The molecule has 0 saturated carbocycles. The van der Waals surface area contributed by atoms with E-state index in [1.807, 2.05) is 20.0 Å².